The number of carbonyl (C=O) groups is 1. The molecule has 0 N–H and O–H groups in total. The van der Waals surface area contributed by atoms with Crippen molar-refractivity contribution in [3.05, 3.63) is 57.0 Å². The maximum absolute atomic E-state index is 13.0. The largest absolute Gasteiger partial charge is 0.307 e. The molecular weight excluding hydrogens is 278 g/mol. The number of aryl methyl sites for hydroxylation is 2. The van der Waals surface area contributed by atoms with E-state index in [1.54, 1.807) is 18.9 Å². The van der Waals surface area contributed by atoms with Gasteiger partial charge in [-0.25, -0.2) is 4.68 Å². The monoisotopic (exact) mass is 297 g/mol. The molecule has 0 unspecified atom stereocenters. The second-order valence-corrected chi connectivity index (χ2v) is 5.89. The van der Waals surface area contributed by atoms with Crippen molar-refractivity contribution in [1.29, 1.82) is 0 Å². The summed E-state index contributed by atoms with van der Waals surface area (Å²) in [6.07, 6.45) is 0. The van der Waals surface area contributed by atoms with Crippen molar-refractivity contribution in [1.82, 2.24) is 9.78 Å². The zero-order chi connectivity index (χ0) is 16.0. The number of fused-ring (bicyclic) bond motifs is 1. The first-order chi connectivity index (χ1) is 10.4. The summed E-state index contributed by atoms with van der Waals surface area (Å²) < 4.78 is 1.24. The molecular formula is C17H19N3O2. The molecule has 1 aliphatic heterocycles. The molecule has 2 heterocycles. The number of rotatable bonds is 1. The summed E-state index contributed by atoms with van der Waals surface area (Å²) in [6, 6.07) is 7.87. The Labute approximate surface area is 129 Å². The summed E-state index contributed by atoms with van der Waals surface area (Å²) in [6.45, 7) is 6.28. The van der Waals surface area contributed by atoms with Gasteiger partial charge in [0.1, 0.15) is 5.56 Å². The lowest BCUT2D eigenvalue weighted by atomic mass is 10.0. The lowest BCUT2D eigenvalue weighted by Gasteiger charge is -2.19. The average Bonchev–Trinajstić information content (AvgIpc) is 2.83. The van der Waals surface area contributed by atoms with Gasteiger partial charge >= 0.3 is 0 Å². The van der Waals surface area contributed by atoms with Crippen molar-refractivity contribution in [2.24, 2.45) is 7.05 Å². The molecule has 3 rings (SSSR count). The van der Waals surface area contributed by atoms with Crippen LogP contribution in [-0.4, -0.2) is 22.2 Å². The van der Waals surface area contributed by atoms with Gasteiger partial charge in [0.05, 0.1) is 5.69 Å². The van der Waals surface area contributed by atoms with E-state index in [0.717, 1.165) is 11.3 Å². The Kier molecular flexibility index (Phi) is 3.35. The molecule has 1 amide bonds. The average molecular weight is 297 g/mol. The highest BCUT2D eigenvalue weighted by atomic mass is 16.2. The van der Waals surface area contributed by atoms with Gasteiger partial charge in [0.2, 0.25) is 0 Å². The maximum Gasteiger partial charge on any atom is 0.279 e. The van der Waals surface area contributed by atoms with Crippen LogP contribution in [0.1, 0.15) is 40.0 Å². The van der Waals surface area contributed by atoms with Crippen LogP contribution in [0, 0.1) is 13.8 Å². The van der Waals surface area contributed by atoms with Crippen LogP contribution in [0.2, 0.25) is 0 Å². The first-order valence-electron chi connectivity index (χ1n) is 7.37. The molecule has 1 aliphatic rings. The normalized spacial score (nSPS) is 16.7. The molecule has 0 saturated heterocycles. The first-order valence-corrected chi connectivity index (χ1v) is 7.37. The van der Waals surface area contributed by atoms with E-state index in [0.29, 0.717) is 17.8 Å². The third-order valence-corrected chi connectivity index (χ3v) is 4.40. The topological polar surface area (TPSA) is 55.2 Å². The van der Waals surface area contributed by atoms with Gasteiger partial charge in [-0.15, -0.1) is 0 Å². The molecule has 0 saturated carbocycles. The number of nitrogens with zero attached hydrogens (tertiary/aromatic N) is 3. The Morgan fingerprint density at radius 3 is 2.68 bits per heavy atom. The number of anilines is 1. The molecule has 1 aromatic carbocycles. The van der Waals surface area contributed by atoms with E-state index in [-0.39, 0.29) is 22.9 Å². The van der Waals surface area contributed by atoms with Crippen molar-refractivity contribution in [2.75, 3.05) is 11.4 Å². The lowest BCUT2D eigenvalue weighted by molar-refractivity contribution is 0.0985. The molecule has 22 heavy (non-hydrogen) atoms. The SMILES string of the molecule is Cc1nn(C)c(=O)c(C(=O)N2C[C@@H](C)c3ccccc32)c1C. The van der Waals surface area contributed by atoms with Crippen LogP contribution >= 0.6 is 0 Å². The predicted octanol–water partition coefficient (Wildman–Crippen LogP) is 2.16. The standard InChI is InChI=1S/C17H19N3O2/c1-10-9-20(14-8-6-5-7-13(10)14)17(22)15-11(2)12(3)18-19(4)16(15)21/h5-8,10H,9H2,1-4H3/t10-/m1/s1. The smallest absolute Gasteiger partial charge is 0.279 e. The highest BCUT2D eigenvalue weighted by Crippen LogP contribution is 2.36. The molecule has 2 aromatic rings. The van der Waals surface area contributed by atoms with E-state index in [9.17, 15) is 9.59 Å². The van der Waals surface area contributed by atoms with E-state index >= 15 is 0 Å². The zero-order valence-electron chi connectivity index (χ0n) is 13.3. The highest BCUT2D eigenvalue weighted by molar-refractivity contribution is 6.08. The van der Waals surface area contributed by atoms with Crippen LogP contribution in [0.15, 0.2) is 29.1 Å². The zero-order valence-corrected chi connectivity index (χ0v) is 13.3. The summed E-state index contributed by atoms with van der Waals surface area (Å²) in [5.41, 5.74) is 3.28. The van der Waals surface area contributed by atoms with Gasteiger partial charge in [-0.1, -0.05) is 25.1 Å². The van der Waals surface area contributed by atoms with E-state index in [2.05, 4.69) is 12.0 Å². The van der Waals surface area contributed by atoms with Crippen molar-refractivity contribution in [3.63, 3.8) is 0 Å². The number of aromatic nitrogens is 2. The number of hydrogen-bond acceptors (Lipinski definition) is 3. The number of para-hydroxylation sites is 1. The summed E-state index contributed by atoms with van der Waals surface area (Å²) in [4.78, 5) is 27.1. The van der Waals surface area contributed by atoms with Crippen molar-refractivity contribution >= 4 is 11.6 Å². The molecule has 0 spiro atoms. The Morgan fingerprint density at radius 1 is 1.27 bits per heavy atom. The fourth-order valence-corrected chi connectivity index (χ4v) is 3.05. The van der Waals surface area contributed by atoms with Gasteiger partial charge in [-0.2, -0.15) is 5.10 Å². The maximum atomic E-state index is 13.0. The third kappa shape index (κ3) is 2.04. The van der Waals surface area contributed by atoms with Crippen LogP contribution < -0.4 is 10.5 Å². The molecule has 5 nitrogen and oxygen atoms in total. The summed E-state index contributed by atoms with van der Waals surface area (Å²) >= 11 is 0. The number of carbonyl (C=O) groups excluding carboxylic acids is 1. The van der Waals surface area contributed by atoms with Gasteiger partial charge < -0.3 is 4.90 Å². The van der Waals surface area contributed by atoms with Gasteiger partial charge in [0, 0.05) is 25.2 Å². The van der Waals surface area contributed by atoms with Crippen molar-refractivity contribution < 1.29 is 4.79 Å². The highest BCUT2D eigenvalue weighted by Gasteiger charge is 2.32. The van der Waals surface area contributed by atoms with Crippen LogP contribution in [0.5, 0.6) is 0 Å². The minimum Gasteiger partial charge on any atom is -0.307 e. The Morgan fingerprint density at radius 2 is 1.95 bits per heavy atom. The number of benzene rings is 1. The first kappa shape index (κ1) is 14.5. The molecule has 1 atom stereocenters. The second kappa shape index (κ2) is 5.09. The van der Waals surface area contributed by atoms with Gasteiger partial charge in [-0.05, 0) is 31.0 Å². The Hall–Kier alpha value is -2.43. The molecule has 1 aromatic heterocycles. The second-order valence-electron chi connectivity index (χ2n) is 5.89. The van der Waals surface area contributed by atoms with E-state index < -0.39 is 0 Å². The van der Waals surface area contributed by atoms with Gasteiger partial charge in [-0.3, -0.25) is 9.59 Å². The summed E-state index contributed by atoms with van der Waals surface area (Å²) in [5, 5.41) is 4.14. The van der Waals surface area contributed by atoms with Crippen LogP contribution in [0.3, 0.4) is 0 Å². The Balaban J connectivity index is 2.13. The van der Waals surface area contributed by atoms with Crippen LogP contribution in [0.4, 0.5) is 5.69 Å². The molecule has 0 fully saturated rings. The third-order valence-electron chi connectivity index (χ3n) is 4.40. The number of amides is 1. The van der Waals surface area contributed by atoms with Crippen LogP contribution in [0.25, 0.3) is 0 Å². The minimum absolute atomic E-state index is 0.221. The lowest BCUT2D eigenvalue weighted by Crippen LogP contribution is -2.37. The minimum atomic E-state index is -0.342. The molecule has 114 valence electrons. The van der Waals surface area contributed by atoms with E-state index in [1.807, 2.05) is 31.2 Å². The van der Waals surface area contributed by atoms with Crippen molar-refractivity contribution in [2.45, 2.75) is 26.7 Å². The van der Waals surface area contributed by atoms with Crippen molar-refractivity contribution in [3.8, 4) is 0 Å². The quantitative estimate of drug-likeness (QED) is 0.810. The van der Waals surface area contributed by atoms with E-state index in [4.69, 9.17) is 0 Å². The molecule has 5 heteroatoms. The van der Waals surface area contributed by atoms with E-state index in [1.165, 1.54) is 4.68 Å². The Bertz CT molecular complexity index is 823. The molecule has 0 aliphatic carbocycles. The fourth-order valence-electron chi connectivity index (χ4n) is 3.05. The van der Waals surface area contributed by atoms with Gasteiger partial charge in [0.15, 0.2) is 0 Å². The van der Waals surface area contributed by atoms with Gasteiger partial charge in [0.25, 0.3) is 11.5 Å². The number of hydrogen-bond donors (Lipinski definition) is 0. The summed E-state index contributed by atoms with van der Waals surface area (Å²) in [7, 11) is 1.58. The molecule has 0 radical (unpaired) electrons. The van der Waals surface area contributed by atoms with Crippen LogP contribution in [-0.2, 0) is 7.05 Å². The predicted molar refractivity (Wildman–Crippen MR) is 85.5 cm³/mol. The molecule has 0 bridgehead atoms. The fraction of sp³-hybridized carbons (Fsp3) is 0.353. The summed E-state index contributed by atoms with van der Waals surface area (Å²) in [5.74, 6) is 0.0349.